The summed E-state index contributed by atoms with van der Waals surface area (Å²) in [5.74, 6) is 1.50. The predicted octanol–water partition coefficient (Wildman–Crippen LogP) is 2.16. The van der Waals surface area contributed by atoms with Crippen LogP contribution in [0.5, 0.6) is 0 Å². The highest BCUT2D eigenvalue weighted by molar-refractivity contribution is 4.79. The molecule has 0 heterocycles. The van der Waals surface area contributed by atoms with Crippen molar-refractivity contribution in [2.45, 2.75) is 45.6 Å². The molecule has 0 unspecified atom stereocenters. The zero-order valence-corrected chi connectivity index (χ0v) is 7.14. The molecule has 1 aliphatic carbocycles. The van der Waals surface area contributed by atoms with Gasteiger partial charge in [-0.1, -0.05) is 26.7 Å². The van der Waals surface area contributed by atoms with Crippen molar-refractivity contribution < 1.29 is 0 Å². The first kappa shape index (κ1) is 8.06. The second-order valence-corrected chi connectivity index (χ2v) is 3.87. The molecule has 60 valence electrons. The molecular formula is C9H19N. The zero-order valence-electron chi connectivity index (χ0n) is 7.14. The van der Waals surface area contributed by atoms with Gasteiger partial charge in [0.1, 0.15) is 0 Å². The Balaban J connectivity index is 2.32. The third-order valence-electron chi connectivity index (χ3n) is 2.71. The van der Waals surface area contributed by atoms with Crippen molar-refractivity contribution in [1.29, 1.82) is 0 Å². The second kappa shape index (κ2) is 3.38. The lowest BCUT2D eigenvalue weighted by Gasteiger charge is -2.22. The van der Waals surface area contributed by atoms with Gasteiger partial charge in [-0.2, -0.15) is 0 Å². The largest absolute Gasteiger partial charge is 0.327 e. The van der Waals surface area contributed by atoms with Crippen LogP contribution in [0.3, 0.4) is 0 Å². The van der Waals surface area contributed by atoms with Gasteiger partial charge in [-0.3, -0.25) is 0 Å². The minimum absolute atomic E-state index is 0.461. The molecule has 10 heavy (non-hydrogen) atoms. The van der Waals surface area contributed by atoms with Crippen molar-refractivity contribution in [1.82, 2.24) is 0 Å². The first-order valence-electron chi connectivity index (χ1n) is 4.47. The summed E-state index contributed by atoms with van der Waals surface area (Å²) in [5.41, 5.74) is 6.02. The molecule has 1 aliphatic rings. The minimum Gasteiger partial charge on any atom is -0.327 e. The first-order valence-corrected chi connectivity index (χ1v) is 4.47. The molecule has 1 heteroatoms. The predicted molar refractivity (Wildman–Crippen MR) is 44.8 cm³/mol. The molecule has 1 nitrogen and oxygen atoms in total. The first-order chi connectivity index (χ1) is 4.72. The summed E-state index contributed by atoms with van der Waals surface area (Å²) < 4.78 is 0. The summed E-state index contributed by atoms with van der Waals surface area (Å²) in [4.78, 5) is 0. The van der Waals surface area contributed by atoms with Crippen LogP contribution in [-0.2, 0) is 0 Å². The molecule has 2 N–H and O–H groups in total. The van der Waals surface area contributed by atoms with Gasteiger partial charge in [0.05, 0.1) is 0 Å². The van der Waals surface area contributed by atoms with Gasteiger partial charge < -0.3 is 5.73 Å². The molecule has 0 radical (unpaired) electrons. The lowest BCUT2D eigenvalue weighted by Crippen LogP contribution is -2.33. The fourth-order valence-corrected chi connectivity index (χ4v) is 1.89. The average molecular weight is 141 g/mol. The molecule has 0 amide bonds. The second-order valence-electron chi connectivity index (χ2n) is 3.87. The van der Waals surface area contributed by atoms with Gasteiger partial charge in [0.25, 0.3) is 0 Å². The Kier molecular flexibility index (Phi) is 2.72. The number of hydrogen-bond acceptors (Lipinski definition) is 1. The minimum atomic E-state index is 0.461. The molecular weight excluding hydrogens is 122 g/mol. The van der Waals surface area contributed by atoms with Crippen LogP contribution in [-0.4, -0.2) is 6.04 Å². The van der Waals surface area contributed by atoms with Crippen molar-refractivity contribution in [3.05, 3.63) is 0 Å². The lowest BCUT2D eigenvalue weighted by atomic mass is 9.90. The van der Waals surface area contributed by atoms with Gasteiger partial charge in [-0.05, 0) is 24.7 Å². The Labute approximate surface area is 64.0 Å². The molecule has 1 rings (SSSR count). The van der Waals surface area contributed by atoms with E-state index >= 15 is 0 Å². The van der Waals surface area contributed by atoms with Crippen LogP contribution in [0.25, 0.3) is 0 Å². The van der Waals surface area contributed by atoms with Gasteiger partial charge >= 0.3 is 0 Å². The maximum Gasteiger partial charge on any atom is 0.00903 e. The molecule has 0 spiro atoms. The van der Waals surface area contributed by atoms with E-state index in [0.717, 1.165) is 5.92 Å². The normalized spacial score (nSPS) is 24.0. The average Bonchev–Trinajstić information content (AvgIpc) is 2.36. The maximum absolute atomic E-state index is 6.02. The van der Waals surface area contributed by atoms with E-state index in [1.165, 1.54) is 25.7 Å². The Morgan fingerprint density at radius 2 is 1.70 bits per heavy atom. The molecule has 0 aromatic heterocycles. The van der Waals surface area contributed by atoms with Gasteiger partial charge in [0, 0.05) is 6.04 Å². The van der Waals surface area contributed by atoms with E-state index in [1.807, 2.05) is 0 Å². The van der Waals surface area contributed by atoms with Crippen molar-refractivity contribution in [3.63, 3.8) is 0 Å². The topological polar surface area (TPSA) is 26.0 Å². The Hall–Kier alpha value is -0.0400. The van der Waals surface area contributed by atoms with E-state index in [-0.39, 0.29) is 0 Å². The number of rotatable bonds is 2. The van der Waals surface area contributed by atoms with Crippen molar-refractivity contribution in [2.24, 2.45) is 17.6 Å². The Morgan fingerprint density at radius 1 is 1.20 bits per heavy atom. The maximum atomic E-state index is 6.02. The Bertz CT molecular complexity index is 92.9. The molecule has 0 saturated heterocycles. The van der Waals surface area contributed by atoms with E-state index in [4.69, 9.17) is 5.73 Å². The fraction of sp³-hybridized carbons (Fsp3) is 1.00. The van der Waals surface area contributed by atoms with Gasteiger partial charge in [0.15, 0.2) is 0 Å². The highest BCUT2D eigenvalue weighted by Crippen LogP contribution is 2.29. The Morgan fingerprint density at radius 3 is 2.10 bits per heavy atom. The van der Waals surface area contributed by atoms with Crippen molar-refractivity contribution in [2.75, 3.05) is 0 Å². The summed E-state index contributed by atoms with van der Waals surface area (Å²) in [6.45, 7) is 4.45. The lowest BCUT2D eigenvalue weighted by molar-refractivity contribution is 0.347. The van der Waals surface area contributed by atoms with Crippen LogP contribution >= 0.6 is 0 Å². The number of nitrogens with two attached hydrogens (primary N) is 1. The van der Waals surface area contributed by atoms with Crippen LogP contribution in [0.15, 0.2) is 0 Å². The molecule has 0 aromatic carbocycles. The highest BCUT2D eigenvalue weighted by atomic mass is 14.7. The molecule has 1 atom stereocenters. The summed E-state index contributed by atoms with van der Waals surface area (Å²) in [6.07, 6.45) is 5.56. The van der Waals surface area contributed by atoms with Crippen LogP contribution in [0.4, 0.5) is 0 Å². The quantitative estimate of drug-likeness (QED) is 0.626. The summed E-state index contributed by atoms with van der Waals surface area (Å²) in [7, 11) is 0. The van der Waals surface area contributed by atoms with E-state index in [1.54, 1.807) is 0 Å². The molecule has 1 saturated carbocycles. The van der Waals surface area contributed by atoms with E-state index in [0.29, 0.717) is 12.0 Å². The van der Waals surface area contributed by atoms with Gasteiger partial charge in [-0.15, -0.1) is 0 Å². The standard InChI is InChI=1S/C9H19N/c1-7(2)9(10)8-5-3-4-6-8/h7-9H,3-6,10H2,1-2H3/t9-/m0/s1. The fourth-order valence-electron chi connectivity index (χ4n) is 1.89. The summed E-state index contributed by atoms with van der Waals surface area (Å²) in [6, 6.07) is 0.461. The SMILES string of the molecule is CC(C)[C@H](N)C1CCCC1. The number of hydrogen-bond donors (Lipinski definition) is 1. The highest BCUT2D eigenvalue weighted by Gasteiger charge is 2.23. The smallest absolute Gasteiger partial charge is 0.00903 e. The third kappa shape index (κ3) is 1.72. The van der Waals surface area contributed by atoms with Crippen LogP contribution < -0.4 is 5.73 Å². The monoisotopic (exact) mass is 141 g/mol. The van der Waals surface area contributed by atoms with Crippen LogP contribution in [0, 0.1) is 11.8 Å². The molecule has 0 aliphatic heterocycles. The van der Waals surface area contributed by atoms with Crippen molar-refractivity contribution in [3.8, 4) is 0 Å². The van der Waals surface area contributed by atoms with Crippen LogP contribution in [0.2, 0.25) is 0 Å². The van der Waals surface area contributed by atoms with E-state index in [9.17, 15) is 0 Å². The van der Waals surface area contributed by atoms with E-state index < -0.39 is 0 Å². The summed E-state index contributed by atoms with van der Waals surface area (Å²) >= 11 is 0. The van der Waals surface area contributed by atoms with Crippen LogP contribution in [0.1, 0.15) is 39.5 Å². The summed E-state index contributed by atoms with van der Waals surface area (Å²) in [5, 5.41) is 0. The third-order valence-corrected chi connectivity index (χ3v) is 2.71. The van der Waals surface area contributed by atoms with E-state index in [2.05, 4.69) is 13.8 Å². The van der Waals surface area contributed by atoms with Gasteiger partial charge in [-0.25, -0.2) is 0 Å². The van der Waals surface area contributed by atoms with Crippen molar-refractivity contribution >= 4 is 0 Å². The van der Waals surface area contributed by atoms with Gasteiger partial charge in [0.2, 0.25) is 0 Å². The molecule has 0 bridgehead atoms. The zero-order chi connectivity index (χ0) is 7.56. The molecule has 1 fully saturated rings. The molecule has 0 aromatic rings.